The third-order valence-corrected chi connectivity index (χ3v) is 6.53. The zero-order valence-electron chi connectivity index (χ0n) is 15.3. The van der Waals surface area contributed by atoms with E-state index in [0.717, 1.165) is 11.1 Å². The third-order valence-electron chi connectivity index (χ3n) is 4.00. The van der Waals surface area contributed by atoms with E-state index in [1.807, 2.05) is 13.8 Å². The summed E-state index contributed by atoms with van der Waals surface area (Å²) in [4.78, 5) is 23.8. The number of amides is 1. The molecule has 0 bridgehead atoms. The fourth-order valence-corrected chi connectivity index (χ4v) is 3.90. The second-order valence-electron chi connectivity index (χ2n) is 6.13. The summed E-state index contributed by atoms with van der Waals surface area (Å²) in [6, 6.07) is 9.50. The Bertz CT molecular complexity index is 1010. The summed E-state index contributed by atoms with van der Waals surface area (Å²) in [7, 11) is -3.63. The maximum atomic E-state index is 12.3. The average molecular weight is 444 g/mol. The van der Waals surface area contributed by atoms with Crippen LogP contribution in [-0.4, -0.2) is 32.7 Å². The van der Waals surface area contributed by atoms with E-state index in [1.165, 1.54) is 6.07 Å². The Labute approximate surface area is 173 Å². The topological polar surface area (TPSA) is 89.5 Å². The van der Waals surface area contributed by atoms with Crippen molar-refractivity contribution in [2.24, 2.45) is 0 Å². The number of anilines is 1. The van der Waals surface area contributed by atoms with Crippen molar-refractivity contribution in [1.29, 1.82) is 0 Å². The van der Waals surface area contributed by atoms with Gasteiger partial charge in [-0.25, -0.2) is 8.42 Å². The summed E-state index contributed by atoms with van der Waals surface area (Å²) in [5, 5.41) is 2.91. The number of carbonyl (C=O) groups excluding carboxylic acids is 2. The minimum absolute atomic E-state index is 0.150. The van der Waals surface area contributed by atoms with Crippen molar-refractivity contribution >= 4 is 50.6 Å². The van der Waals surface area contributed by atoms with Crippen LogP contribution in [0.15, 0.2) is 41.3 Å². The number of sulfone groups is 1. The second kappa shape index (κ2) is 9.41. The van der Waals surface area contributed by atoms with E-state index in [1.54, 1.807) is 30.3 Å². The molecule has 2 rings (SSSR count). The lowest BCUT2D eigenvalue weighted by molar-refractivity contribution is -0.146. The highest BCUT2D eigenvalue weighted by Gasteiger charge is 2.18. The Balaban J connectivity index is 1.85. The summed E-state index contributed by atoms with van der Waals surface area (Å²) in [6.07, 6.45) is -0.361. The van der Waals surface area contributed by atoms with Crippen molar-refractivity contribution in [3.8, 4) is 0 Å². The van der Waals surface area contributed by atoms with Crippen LogP contribution in [0.2, 0.25) is 10.0 Å². The molecule has 0 spiro atoms. The second-order valence-corrected chi connectivity index (χ2v) is 9.02. The zero-order chi connectivity index (χ0) is 20.9. The molecule has 0 aliphatic rings. The minimum atomic E-state index is -3.63. The van der Waals surface area contributed by atoms with Gasteiger partial charge in [0.25, 0.3) is 5.91 Å². The van der Waals surface area contributed by atoms with E-state index in [4.69, 9.17) is 27.9 Å². The molecule has 0 heterocycles. The number of hydrogen-bond acceptors (Lipinski definition) is 5. The molecule has 9 heteroatoms. The molecule has 0 aliphatic heterocycles. The molecule has 1 N–H and O–H groups in total. The molecule has 2 aromatic rings. The normalized spacial score (nSPS) is 11.1. The van der Waals surface area contributed by atoms with Crippen LogP contribution in [0.1, 0.15) is 17.5 Å². The molecule has 0 fully saturated rings. The van der Waals surface area contributed by atoms with Gasteiger partial charge in [0.05, 0.1) is 32.8 Å². The molecule has 0 saturated carbocycles. The first-order valence-corrected chi connectivity index (χ1v) is 10.7. The standard InChI is InChI=1S/C19H19Cl2NO5S/c1-12-6-7-14(10-13(12)2)28(25,26)9-8-18(24)27-11-17(23)22-16-5-3-4-15(20)19(16)21/h3-7,10H,8-9,11H2,1-2H3,(H,22,23). The number of ether oxygens (including phenoxy) is 1. The number of benzene rings is 2. The predicted molar refractivity (Wildman–Crippen MR) is 109 cm³/mol. The van der Waals surface area contributed by atoms with Gasteiger partial charge < -0.3 is 10.1 Å². The van der Waals surface area contributed by atoms with Gasteiger partial charge in [-0.15, -0.1) is 0 Å². The zero-order valence-corrected chi connectivity index (χ0v) is 17.6. The van der Waals surface area contributed by atoms with Crippen molar-refractivity contribution in [3.05, 3.63) is 57.6 Å². The van der Waals surface area contributed by atoms with Crippen LogP contribution in [0.25, 0.3) is 0 Å². The molecule has 28 heavy (non-hydrogen) atoms. The first-order chi connectivity index (χ1) is 13.1. The Hall–Kier alpha value is -2.09. The van der Waals surface area contributed by atoms with Gasteiger partial charge in [-0.3, -0.25) is 9.59 Å². The van der Waals surface area contributed by atoms with Gasteiger partial charge in [0.1, 0.15) is 0 Å². The van der Waals surface area contributed by atoms with Crippen LogP contribution in [0, 0.1) is 13.8 Å². The monoisotopic (exact) mass is 443 g/mol. The highest BCUT2D eigenvalue weighted by Crippen LogP contribution is 2.29. The number of aryl methyl sites for hydroxylation is 2. The number of esters is 1. The molecule has 0 unspecified atom stereocenters. The lowest BCUT2D eigenvalue weighted by Crippen LogP contribution is -2.22. The largest absolute Gasteiger partial charge is 0.456 e. The minimum Gasteiger partial charge on any atom is -0.456 e. The van der Waals surface area contributed by atoms with E-state index in [2.05, 4.69) is 5.32 Å². The third kappa shape index (κ3) is 5.95. The maximum absolute atomic E-state index is 12.3. The van der Waals surface area contributed by atoms with Crippen molar-refractivity contribution < 1.29 is 22.7 Å². The van der Waals surface area contributed by atoms with Gasteiger partial charge >= 0.3 is 5.97 Å². The first kappa shape index (κ1) is 22.2. The summed E-state index contributed by atoms with van der Waals surface area (Å²) in [6.45, 7) is 3.13. The quantitative estimate of drug-likeness (QED) is 0.654. The molecular formula is C19H19Cl2NO5S. The maximum Gasteiger partial charge on any atom is 0.307 e. The summed E-state index contributed by atoms with van der Waals surface area (Å²) in [5.74, 6) is -1.81. The van der Waals surface area contributed by atoms with Gasteiger partial charge in [-0.1, -0.05) is 35.3 Å². The average Bonchev–Trinajstić information content (AvgIpc) is 2.64. The Kier molecular flexibility index (Phi) is 7.46. The number of rotatable bonds is 7. The SMILES string of the molecule is Cc1ccc(S(=O)(=O)CCC(=O)OCC(=O)Nc2cccc(Cl)c2Cl)cc1C. The molecule has 150 valence electrons. The molecule has 0 saturated heterocycles. The molecule has 0 aliphatic carbocycles. The predicted octanol–water partition coefficient (Wildman–Crippen LogP) is 3.96. The highest BCUT2D eigenvalue weighted by molar-refractivity contribution is 7.91. The fourth-order valence-electron chi connectivity index (χ4n) is 2.25. The van der Waals surface area contributed by atoms with Crippen LogP contribution in [-0.2, 0) is 24.2 Å². The van der Waals surface area contributed by atoms with Crippen LogP contribution in [0.5, 0.6) is 0 Å². The van der Waals surface area contributed by atoms with Crippen LogP contribution in [0.3, 0.4) is 0 Å². The lowest BCUT2D eigenvalue weighted by atomic mass is 10.1. The number of carbonyl (C=O) groups is 2. The van der Waals surface area contributed by atoms with Crippen LogP contribution < -0.4 is 5.32 Å². The molecule has 1 amide bonds. The fraction of sp³-hybridized carbons (Fsp3) is 0.263. The smallest absolute Gasteiger partial charge is 0.307 e. The van der Waals surface area contributed by atoms with E-state index >= 15 is 0 Å². The van der Waals surface area contributed by atoms with E-state index in [9.17, 15) is 18.0 Å². The molecule has 6 nitrogen and oxygen atoms in total. The highest BCUT2D eigenvalue weighted by atomic mass is 35.5. The van der Waals surface area contributed by atoms with Crippen molar-refractivity contribution in [2.45, 2.75) is 25.2 Å². The van der Waals surface area contributed by atoms with Gasteiger partial charge in [0.2, 0.25) is 0 Å². The van der Waals surface area contributed by atoms with Crippen molar-refractivity contribution in [3.63, 3.8) is 0 Å². The van der Waals surface area contributed by atoms with Gasteiger partial charge in [-0.2, -0.15) is 0 Å². The van der Waals surface area contributed by atoms with Crippen molar-refractivity contribution in [2.75, 3.05) is 17.7 Å². The molecular weight excluding hydrogens is 425 g/mol. The number of hydrogen-bond donors (Lipinski definition) is 1. The van der Waals surface area contributed by atoms with E-state index in [-0.39, 0.29) is 27.0 Å². The van der Waals surface area contributed by atoms with Crippen molar-refractivity contribution in [1.82, 2.24) is 0 Å². The Morgan fingerprint density at radius 2 is 1.79 bits per heavy atom. The molecule has 0 radical (unpaired) electrons. The number of halogens is 2. The lowest BCUT2D eigenvalue weighted by Gasteiger charge is -2.09. The molecule has 0 aromatic heterocycles. The van der Waals surface area contributed by atoms with Gasteiger partial charge in [-0.05, 0) is 49.2 Å². The summed E-state index contributed by atoms with van der Waals surface area (Å²) in [5.41, 5.74) is 2.11. The molecule has 2 aromatic carbocycles. The van der Waals surface area contributed by atoms with E-state index < -0.39 is 34.1 Å². The Morgan fingerprint density at radius 1 is 1.07 bits per heavy atom. The van der Waals surface area contributed by atoms with E-state index in [0.29, 0.717) is 0 Å². The molecule has 0 atom stereocenters. The number of nitrogens with one attached hydrogen (secondary N) is 1. The first-order valence-electron chi connectivity index (χ1n) is 8.29. The van der Waals surface area contributed by atoms with Crippen LogP contribution >= 0.6 is 23.2 Å². The van der Waals surface area contributed by atoms with Crippen LogP contribution in [0.4, 0.5) is 5.69 Å². The van der Waals surface area contributed by atoms with Gasteiger partial charge in [0, 0.05) is 0 Å². The summed E-state index contributed by atoms with van der Waals surface area (Å²) >= 11 is 11.8. The summed E-state index contributed by atoms with van der Waals surface area (Å²) < 4.78 is 29.5. The van der Waals surface area contributed by atoms with Gasteiger partial charge in [0.15, 0.2) is 16.4 Å². The Morgan fingerprint density at radius 3 is 2.46 bits per heavy atom.